The molecule has 224 valence electrons. The molecule has 4 rings (SSSR count). The number of carbonyl (C=O) groups is 3. The standard InChI is InChI=1S/C34H26N4O6S/c1-21(27-17-22(10-12-36-27)4-7-32(39)40)15-23(5-8-33(41)42)16-26(35)28-18-24(6-9-34(43)44)19-30(38-28)29-20-25(11-13-37-29)31-3-2-14-45-31/h2-20H,1,35H2,(H,39,40)(H,41,42)(H,43,44)/b7-4+,8-5+,9-6+,23-15-,26-16-. The minimum Gasteiger partial charge on any atom is -0.478 e. The molecule has 0 bridgehead atoms. The summed E-state index contributed by atoms with van der Waals surface area (Å²) < 4.78 is 0. The number of aliphatic carboxylic acids is 3. The Balaban J connectivity index is 1.77. The number of aromatic nitrogens is 3. The topological polar surface area (TPSA) is 177 Å². The Bertz CT molecular complexity index is 1920. The van der Waals surface area contributed by atoms with Crippen LogP contribution in [0, 0.1) is 0 Å². The lowest BCUT2D eigenvalue weighted by atomic mass is 10.0. The predicted molar refractivity (Wildman–Crippen MR) is 174 cm³/mol. The fourth-order valence-electron chi connectivity index (χ4n) is 3.99. The number of thiophene rings is 1. The fraction of sp³-hybridized carbons (Fsp3) is 0. The van der Waals surface area contributed by atoms with Crippen molar-refractivity contribution in [3.63, 3.8) is 0 Å². The summed E-state index contributed by atoms with van der Waals surface area (Å²) in [6.45, 7) is 4.03. The van der Waals surface area contributed by atoms with E-state index in [2.05, 4.69) is 16.5 Å². The summed E-state index contributed by atoms with van der Waals surface area (Å²) in [6, 6.07) is 14.2. The van der Waals surface area contributed by atoms with Crippen molar-refractivity contribution < 1.29 is 29.7 Å². The molecule has 0 amide bonds. The van der Waals surface area contributed by atoms with Crippen molar-refractivity contribution in [3.8, 4) is 21.8 Å². The molecule has 0 radical (unpaired) electrons. The molecule has 45 heavy (non-hydrogen) atoms. The van der Waals surface area contributed by atoms with Crippen LogP contribution in [0.4, 0.5) is 0 Å². The Morgan fingerprint density at radius 2 is 1.44 bits per heavy atom. The van der Waals surface area contributed by atoms with Crippen LogP contribution in [0.15, 0.2) is 115 Å². The van der Waals surface area contributed by atoms with E-state index in [0.717, 1.165) is 28.7 Å². The molecule has 11 heteroatoms. The third kappa shape index (κ3) is 9.40. The van der Waals surface area contributed by atoms with Crippen LogP contribution in [0.1, 0.15) is 22.5 Å². The minimum atomic E-state index is -1.18. The summed E-state index contributed by atoms with van der Waals surface area (Å²) in [4.78, 5) is 48.0. The van der Waals surface area contributed by atoms with Gasteiger partial charge >= 0.3 is 17.9 Å². The number of nitrogens with zero attached hydrogens (tertiary/aromatic N) is 3. The first-order valence-corrected chi connectivity index (χ1v) is 14.1. The maximum absolute atomic E-state index is 11.3. The van der Waals surface area contributed by atoms with Crippen molar-refractivity contribution in [2.45, 2.75) is 0 Å². The van der Waals surface area contributed by atoms with Gasteiger partial charge in [-0.2, -0.15) is 0 Å². The van der Waals surface area contributed by atoms with Crippen LogP contribution in [0.5, 0.6) is 0 Å². The summed E-state index contributed by atoms with van der Waals surface area (Å²) in [7, 11) is 0. The Hall–Kier alpha value is -6.20. The van der Waals surface area contributed by atoms with Crippen molar-refractivity contribution in [2.75, 3.05) is 0 Å². The van der Waals surface area contributed by atoms with Crippen LogP contribution >= 0.6 is 11.3 Å². The molecule has 0 aliphatic rings. The second kappa shape index (κ2) is 14.8. The van der Waals surface area contributed by atoms with E-state index in [1.165, 1.54) is 30.5 Å². The van der Waals surface area contributed by atoms with Gasteiger partial charge in [0.2, 0.25) is 0 Å². The van der Waals surface area contributed by atoms with Crippen LogP contribution in [0.25, 0.3) is 45.3 Å². The van der Waals surface area contributed by atoms with Crippen LogP contribution in [0.3, 0.4) is 0 Å². The molecule has 10 nitrogen and oxygen atoms in total. The van der Waals surface area contributed by atoms with Gasteiger partial charge in [-0.05, 0) is 106 Å². The van der Waals surface area contributed by atoms with Gasteiger partial charge in [-0.1, -0.05) is 12.6 Å². The maximum Gasteiger partial charge on any atom is 0.328 e. The van der Waals surface area contributed by atoms with Gasteiger partial charge in [-0.15, -0.1) is 11.3 Å². The minimum absolute atomic E-state index is 0.149. The summed E-state index contributed by atoms with van der Waals surface area (Å²) >= 11 is 1.58. The van der Waals surface area contributed by atoms with Crippen molar-refractivity contribution in [1.82, 2.24) is 15.0 Å². The van der Waals surface area contributed by atoms with E-state index in [9.17, 15) is 24.6 Å². The molecule has 0 aliphatic heterocycles. The van der Waals surface area contributed by atoms with Crippen LogP contribution in [-0.2, 0) is 14.4 Å². The highest BCUT2D eigenvalue weighted by atomic mass is 32.1. The molecule has 0 saturated carbocycles. The Morgan fingerprint density at radius 1 is 0.756 bits per heavy atom. The van der Waals surface area contributed by atoms with Gasteiger partial charge in [0.05, 0.1) is 28.5 Å². The molecular weight excluding hydrogens is 592 g/mol. The normalized spacial score (nSPS) is 12.3. The largest absolute Gasteiger partial charge is 0.478 e. The molecule has 4 heterocycles. The summed E-state index contributed by atoms with van der Waals surface area (Å²) in [5, 5.41) is 29.4. The van der Waals surface area contributed by atoms with Crippen molar-refractivity contribution in [1.29, 1.82) is 0 Å². The molecule has 4 aromatic heterocycles. The highest BCUT2D eigenvalue weighted by Gasteiger charge is 2.11. The zero-order valence-electron chi connectivity index (χ0n) is 23.6. The van der Waals surface area contributed by atoms with E-state index >= 15 is 0 Å². The van der Waals surface area contributed by atoms with E-state index in [-0.39, 0.29) is 5.70 Å². The quantitative estimate of drug-likeness (QED) is 0.108. The smallest absolute Gasteiger partial charge is 0.328 e. The van der Waals surface area contributed by atoms with Crippen LogP contribution in [-0.4, -0.2) is 48.2 Å². The van der Waals surface area contributed by atoms with E-state index in [1.807, 2.05) is 29.6 Å². The van der Waals surface area contributed by atoms with E-state index in [1.54, 1.807) is 47.9 Å². The number of carboxylic acid groups (broad SMARTS) is 3. The lowest BCUT2D eigenvalue weighted by Gasteiger charge is -2.09. The second-order valence-electron chi connectivity index (χ2n) is 9.34. The Morgan fingerprint density at radius 3 is 2.13 bits per heavy atom. The zero-order valence-corrected chi connectivity index (χ0v) is 24.4. The van der Waals surface area contributed by atoms with Crippen molar-refractivity contribution in [2.24, 2.45) is 5.73 Å². The summed E-state index contributed by atoms with van der Waals surface area (Å²) in [6.07, 6.45) is 13.3. The fourth-order valence-corrected chi connectivity index (χ4v) is 4.71. The van der Waals surface area contributed by atoms with Crippen molar-refractivity contribution >= 4 is 52.7 Å². The van der Waals surface area contributed by atoms with Gasteiger partial charge in [0.25, 0.3) is 0 Å². The lowest BCUT2D eigenvalue weighted by Crippen LogP contribution is -2.03. The van der Waals surface area contributed by atoms with E-state index in [0.29, 0.717) is 45.0 Å². The van der Waals surface area contributed by atoms with Crippen LogP contribution in [0.2, 0.25) is 0 Å². The first-order chi connectivity index (χ1) is 21.6. The first kappa shape index (κ1) is 31.7. The molecule has 0 saturated heterocycles. The number of allylic oxidation sites excluding steroid dienone is 5. The van der Waals surface area contributed by atoms with Crippen molar-refractivity contribution in [3.05, 3.63) is 137 Å². The van der Waals surface area contributed by atoms with Gasteiger partial charge in [0.15, 0.2) is 0 Å². The second-order valence-corrected chi connectivity index (χ2v) is 10.3. The first-order valence-electron chi connectivity index (χ1n) is 13.2. The molecule has 0 fully saturated rings. The molecule has 0 spiro atoms. The number of nitrogens with two attached hydrogens (primary N) is 1. The SMILES string of the molecule is C=C(/C=C(\C=C(/N)c1cc(/C=C/C(=O)O)cc(-c2cc(-c3cccs3)ccn2)n1)/C=C/C(=O)O)c1cc(/C=C/C(=O)O)ccn1. The number of carboxylic acids is 3. The van der Waals surface area contributed by atoms with Gasteiger partial charge < -0.3 is 21.1 Å². The molecule has 5 N–H and O–H groups in total. The summed E-state index contributed by atoms with van der Waals surface area (Å²) in [5.74, 6) is -3.41. The third-order valence-electron chi connectivity index (χ3n) is 6.00. The van der Waals surface area contributed by atoms with Gasteiger partial charge in [-0.3, -0.25) is 9.97 Å². The average Bonchev–Trinajstić information content (AvgIpc) is 3.57. The number of pyridine rings is 3. The molecular formula is C34H26N4O6S. The van der Waals surface area contributed by atoms with Crippen LogP contribution < -0.4 is 5.73 Å². The Kier molecular flexibility index (Phi) is 10.4. The molecule has 0 aromatic carbocycles. The molecule has 4 aromatic rings. The third-order valence-corrected chi connectivity index (χ3v) is 6.92. The molecule has 0 unspecified atom stereocenters. The van der Waals surface area contributed by atoms with Gasteiger partial charge in [-0.25, -0.2) is 19.4 Å². The highest BCUT2D eigenvalue weighted by molar-refractivity contribution is 7.13. The lowest BCUT2D eigenvalue weighted by molar-refractivity contribution is -0.132. The molecule has 0 atom stereocenters. The maximum atomic E-state index is 11.3. The monoisotopic (exact) mass is 618 g/mol. The Labute approximate surface area is 261 Å². The van der Waals surface area contributed by atoms with Gasteiger partial charge in [0, 0.05) is 35.5 Å². The molecule has 0 aliphatic carbocycles. The highest BCUT2D eigenvalue weighted by Crippen LogP contribution is 2.29. The predicted octanol–water partition coefficient (Wildman–Crippen LogP) is 6.04. The number of rotatable bonds is 12. The summed E-state index contributed by atoms with van der Waals surface area (Å²) in [5.41, 5.74) is 11.1. The zero-order chi connectivity index (χ0) is 32.3. The van der Waals surface area contributed by atoms with E-state index in [4.69, 9.17) is 15.8 Å². The average molecular weight is 619 g/mol. The number of hydrogen-bond acceptors (Lipinski definition) is 8. The van der Waals surface area contributed by atoms with Gasteiger partial charge in [0.1, 0.15) is 0 Å². The van der Waals surface area contributed by atoms with E-state index < -0.39 is 17.9 Å². The number of hydrogen-bond donors (Lipinski definition) is 4.